The van der Waals surface area contributed by atoms with Crippen molar-refractivity contribution in [2.75, 3.05) is 0 Å². The molecule has 224 valence electrons. The molecule has 0 spiro atoms. The van der Waals surface area contributed by atoms with Crippen molar-refractivity contribution >= 4 is 24.4 Å². The summed E-state index contributed by atoms with van der Waals surface area (Å²) in [7, 11) is -1.50. The lowest BCUT2D eigenvalue weighted by Gasteiger charge is -2.27. The lowest BCUT2D eigenvalue weighted by atomic mass is 9.79. The standard InChI is InChI=1S/C38H46N2O2Si/c1-23(2)24-17-25(19-26(18-24)32-22-28(15-16-39-32)43(9,10)11)29-13-12-14-33-34(29)40-36(42-33)30-20-27(37(3,4)5)21-31(35(30)41)38(6,7)8/h12-23,41H,1-11H3. The third-order valence-corrected chi connectivity index (χ3v) is 10.3. The van der Waals surface area contributed by atoms with Crippen molar-refractivity contribution in [2.45, 2.75) is 91.8 Å². The highest BCUT2D eigenvalue weighted by atomic mass is 28.3. The number of hydrogen-bond acceptors (Lipinski definition) is 4. The van der Waals surface area contributed by atoms with E-state index in [0.717, 1.165) is 39.0 Å². The Labute approximate surface area is 258 Å². The molecule has 0 saturated carbocycles. The van der Waals surface area contributed by atoms with Crippen molar-refractivity contribution in [3.8, 4) is 39.6 Å². The molecule has 5 rings (SSSR count). The fraction of sp³-hybridized carbons (Fsp3) is 0.368. The average Bonchev–Trinajstić information content (AvgIpc) is 3.35. The molecule has 1 N–H and O–H groups in total. The van der Waals surface area contributed by atoms with Gasteiger partial charge in [0.1, 0.15) is 11.3 Å². The van der Waals surface area contributed by atoms with Gasteiger partial charge in [-0.1, -0.05) is 104 Å². The Hall–Kier alpha value is -3.70. The summed E-state index contributed by atoms with van der Waals surface area (Å²) in [6.07, 6.45) is 1.94. The normalized spacial score (nSPS) is 12.8. The zero-order valence-electron chi connectivity index (χ0n) is 27.7. The highest BCUT2D eigenvalue weighted by Gasteiger charge is 2.27. The van der Waals surface area contributed by atoms with Gasteiger partial charge < -0.3 is 9.52 Å². The molecule has 0 fully saturated rings. The van der Waals surface area contributed by atoms with Gasteiger partial charge in [-0.05, 0) is 69.8 Å². The number of para-hydroxylation sites is 1. The largest absolute Gasteiger partial charge is 0.507 e. The Balaban J connectivity index is 1.71. The molecule has 0 bridgehead atoms. The summed E-state index contributed by atoms with van der Waals surface area (Å²) in [4.78, 5) is 9.84. The van der Waals surface area contributed by atoms with E-state index in [0.29, 0.717) is 23.0 Å². The van der Waals surface area contributed by atoms with Crippen LogP contribution in [-0.2, 0) is 10.8 Å². The molecule has 2 aromatic heterocycles. The summed E-state index contributed by atoms with van der Waals surface area (Å²) in [6, 6.07) is 21.4. The third kappa shape index (κ3) is 6.19. The predicted octanol–water partition coefficient (Wildman–Crippen LogP) is 10.2. The van der Waals surface area contributed by atoms with E-state index in [4.69, 9.17) is 14.4 Å². The molecule has 0 amide bonds. The second kappa shape index (κ2) is 10.8. The number of pyridine rings is 1. The second-order valence-electron chi connectivity index (χ2n) is 15.3. The number of benzene rings is 3. The Morgan fingerprint density at radius 3 is 2.12 bits per heavy atom. The highest BCUT2D eigenvalue weighted by Crippen LogP contribution is 2.43. The molecular weight excluding hydrogens is 545 g/mol. The number of fused-ring (bicyclic) bond motifs is 1. The summed E-state index contributed by atoms with van der Waals surface area (Å²) < 4.78 is 6.40. The van der Waals surface area contributed by atoms with Crippen LogP contribution in [0, 0.1) is 0 Å². The molecule has 3 aromatic carbocycles. The first-order chi connectivity index (χ1) is 19.9. The van der Waals surface area contributed by atoms with Gasteiger partial charge in [0, 0.05) is 22.9 Å². The van der Waals surface area contributed by atoms with Gasteiger partial charge in [-0.25, -0.2) is 4.98 Å². The lowest BCUT2D eigenvalue weighted by molar-refractivity contribution is 0.444. The Bertz CT molecular complexity index is 1810. The van der Waals surface area contributed by atoms with Crippen molar-refractivity contribution in [2.24, 2.45) is 0 Å². The maximum Gasteiger partial charge on any atom is 0.231 e. The van der Waals surface area contributed by atoms with E-state index < -0.39 is 8.07 Å². The molecule has 0 saturated heterocycles. The first-order valence-corrected chi connectivity index (χ1v) is 18.8. The molecular formula is C38H46N2O2Si. The molecule has 4 nitrogen and oxygen atoms in total. The van der Waals surface area contributed by atoms with Crippen LogP contribution in [0.1, 0.15) is 78.0 Å². The van der Waals surface area contributed by atoms with Crippen LogP contribution in [0.3, 0.4) is 0 Å². The minimum absolute atomic E-state index is 0.103. The fourth-order valence-corrected chi connectivity index (χ4v) is 6.59. The topological polar surface area (TPSA) is 59.2 Å². The van der Waals surface area contributed by atoms with Crippen molar-refractivity contribution < 1.29 is 9.52 Å². The van der Waals surface area contributed by atoms with Gasteiger partial charge in [0.2, 0.25) is 5.89 Å². The smallest absolute Gasteiger partial charge is 0.231 e. The Kier molecular flexibility index (Phi) is 7.71. The lowest BCUT2D eigenvalue weighted by Crippen LogP contribution is -2.37. The summed E-state index contributed by atoms with van der Waals surface area (Å²) in [5.41, 5.74) is 9.21. The van der Waals surface area contributed by atoms with Gasteiger partial charge in [0.25, 0.3) is 0 Å². The maximum absolute atomic E-state index is 11.5. The van der Waals surface area contributed by atoms with E-state index in [1.54, 1.807) is 0 Å². The van der Waals surface area contributed by atoms with Crippen molar-refractivity contribution in [1.82, 2.24) is 9.97 Å². The molecule has 0 unspecified atom stereocenters. The zero-order chi connectivity index (χ0) is 31.5. The van der Waals surface area contributed by atoms with Crippen LogP contribution in [0.4, 0.5) is 0 Å². The summed E-state index contributed by atoms with van der Waals surface area (Å²) in [5.74, 6) is 1.01. The predicted molar refractivity (Wildman–Crippen MR) is 184 cm³/mol. The molecule has 43 heavy (non-hydrogen) atoms. The summed E-state index contributed by atoms with van der Waals surface area (Å²) in [5, 5.41) is 12.9. The minimum Gasteiger partial charge on any atom is -0.507 e. The van der Waals surface area contributed by atoms with Crippen molar-refractivity contribution in [3.63, 3.8) is 0 Å². The van der Waals surface area contributed by atoms with E-state index in [-0.39, 0.29) is 16.6 Å². The van der Waals surface area contributed by atoms with E-state index in [1.807, 2.05) is 24.4 Å². The van der Waals surface area contributed by atoms with Gasteiger partial charge in [0.05, 0.1) is 19.3 Å². The van der Waals surface area contributed by atoms with Crippen LogP contribution < -0.4 is 5.19 Å². The number of rotatable bonds is 5. The number of phenolic OH excluding ortho intramolecular Hbond substituents is 1. The summed E-state index contributed by atoms with van der Waals surface area (Å²) in [6.45, 7) is 24.5. The first-order valence-electron chi connectivity index (χ1n) is 15.3. The molecule has 0 aliphatic heterocycles. The second-order valence-corrected chi connectivity index (χ2v) is 20.3. The van der Waals surface area contributed by atoms with E-state index in [1.165, 1.54) is 10.8 Å². The van der Waals surface area contributed by atoms with Gasteiger partial charge in [-0.15, -0.1) is 0 Å². The molecule has 2 heterocycles. The molecule has 0 aliphatic carbocycles. The molecule has 5 heteroatoms. The van der Waals surface area contributed by atoms with Crippen LogP contribution in [0.25, 0.3) is 44.9 Å². The Morgan fingerprint density at radius 2 is 1.49 bits per heavy atom. The number of hydrogen-bond donors (Lipinski definition) is 1. The number of aromatic hydroxyl groups is 1. The van der Waals surface area contributed by atoms with Gasteiger partial charge in [0.15, 0.2) is 5.58 Å². The molecule has 0 radical (unpaired) electrons. The van der Waals surface area contributed by atoms with Crippen molar-refractivity contribution in [1.29, 1.82) is 0 Å². The van der Waals surface area contributed by atoms with Gasteiger partial charge in [-0.3, -0.25) is 4.98 Å². The third-order valence-electron chi connectivity index (χ3n) is 8.29. The number of phenols is 1. The Morgan fingerprint density at radius 1 is 0.791 bits per heavy atom. The summed E-state index contributed by atoms with van der Waals surface area (Å²) >= 11 is 0. The van der Waals surface area contributed by atoms with Crippen LogP contribution >= 0.6 is 0 Å². The SMILES string of the molecule is CC(C)c1cc(-c2cc([Si](C)(C)C)ccn2)cc(-c2cccc3oc(-c4cc(C(C)(C)C)cc(C(C)(C)C)c4O)nc23)c1. The van der Waals surface area contributed by atoms with Crippen LogP contribution in [0.5, 0.6) is 5.75 Å². The van der Waals surface area contributed by atoms with E-state index in [2.05, 4.69) is 117 Å². The van der Waals surface area contributed by atoms with Gasteiger partial charge >= 0.3 is 0 Å². The zero-order valence-corrected chi connectivity index (χ0v) is 28.7. The van der Waals surface area contributed by atoms with Crippen molar-refractivity contribution in [3.05, 3.63) is 83.6 Å². The monoisotopic (exact) mass is 590 g/mol. The van der Waals surface area contributed by atoms with Crippen LogP contribution in [-0.4, -0.2) is 23.1 Å². The molecule has 0 aliphatic rings. The fourth-order valence-electron chi connectivity index (χ4n) is 5.44. The van der Waals surface area contributed by atoms with E-state index in [9.17, 15) is 5.11 Å². The molecule has 5 aromatic rings. The average molecular weight is 591 g/mol. The highest BCUT2D eigenvalue weighted by molar-refractivity contribution is 6.88. The number of oxazole rings is 1. The minimum atomic E-state index is -1.50. The van der Waals surface area contributed by atoms with Crippen LogP contribution in [0.15, 0.2) is 71.3 Å². The number of nitrogens with zero attached hydrogens (tertiary/aromatic N) is 2. The molecule has 0 atom stereocenters. The maximum atomic E-state index is 11.5. The number of aromatic nitrogens is 2. The van der Waals surface area contributed by atoms with Gasteiger partial charge in [-0.2, -0.15) is 0 Å². The van der Waals surface area contributed by atoms with E-state index >= 15 is 0 Å². The quantitative estimate of drug-likeness (QED) is 0.207. The van der Waals surface area contributed by atoms with Crippen LogP contribution in [0.2, 0.25) is 19.6 Å². The first kappa shape index (κ1) is 30.7.